The molecule has 1 aromatic carbocycles. The van der Waals surface area contributed by atoms with Gasteiger partial charge in [0.2, 0.25) is 0 Å². The fourth-order valence-corrected chi connectivity index (χ4v) is 2.56. The van der Waals surface area contributed by atoms with Gasteiger partial charge in [0.1, 0.15) is 0 Å². The number of benzene rings is 1. The van der Waals surface area contributed by atoms with E-state index in [1.165, 1.54) is 37.8 Å². The molecule has 0 aliphatic heterocycles. The third-order valence-corrected chi connectivity index (χ3v) is 3.51. The lowest BCUT2D eigenvalue weighted by molar-refractivity contribution is -0.384. The molecule has 0 aromatic heterocycles. The Morgan fingerprint density at radius 2 is 2.06 bits per heavy atom. The van der Waals surface area contributed by atoms with Crippen LogP contribution >= 0.6 is 0 Å². The largest absolute Gasteiger partial charge is 0.398 e. The fourth-order valence-electron chi connectivity index (χ4n) is 2.56. The van der Waals surface area contributed by atoms with E-state index in [-0.39, 0.29) is 5.69 Å². The summed E-state index contributed by atoms with van der Waals surface area (Å²) in [6.07, 6.45) is 6.45. The van der Waals surface area contributed by atoms with E-state index in [4.69, 9.17) is 5.73 Å². The number of anilines is 2. The van der Waals surface area contributed by atoms with Gasteiger partial charge in [-0.25, -0.2) is 0 Å². The number of non-ortho nitro benzene ring substituents is 1. The van der Waals surface area contributed by atoms with Crippen LogP contribution in [0.3, 0.4) is 0 Å². The number of rotatable bonds is 5. The summed E-state index contributed by atoms with van der Waals surface area (Å²) in [5.41, 5.74) is 6.85. The Morgan fingerprint density at radius 3 is 2.72 bits per heavy atom. The number of hydrogen-bond donors (Lipinski definition) is 2. The van der Waals surface area contributed by atoms with Gasteiger partial charge in [-0.3, -0.25) is 10.1 Å². The lowest BCUT2D eigenvalue weighted by Gasteiger charge is -2.11. The van der Waals surface area contributed by atoms with Crippen molar-refractivity contribution in [2.75, 3.05) is 17.6 Å². The number of nitro groups is 1. The van der Waals surface area contributed by atoms with E-state index in [2.05, 4.69) is 5.32 Å². The molecule has 1 aliphatic carbocycles. The molecule has 0 spiro atoms. The van der Waals surface area contributed by atoms with Gasteiger partial charge in [0.25, 0.3) is 5.69 Å². The average Bonchev–Trinajstić information content (AvgIpc) is 2.81. The van der Waals surface area contributed by atoms with Gasteiger partial charge in [-0.1, -0.05) is 25.7 Å². The molecule has 0 atom stereocenters. The van der Waals surface area contributed by atoms with Crippen molar-refractivity contribution in [3.8, 4) is 0 Å². The van der Waals surface area contributed by atoms with Gasteiger partial charge in [-0.05, 0) is 18.4 Å². The van der Waals surface area contributed by atoms with Crippen molar-refractivity contribution in [3.63, 3.8) is 0 Å². The summed E-state index contributed by atoms with van der Waals surface area (Å²) in [5, 5.41) is 13.9. The molecule has 18 heavy (non-hydrogen) atoms. The molecule has 1 aliphatic rings. The predicted octanol–water partition coefficient (Wildman–Crippen LogP) is 3.17. The maximum absolute atomic E-state index is 10.7. The van der Waals surface area contributed by atoms with Crippen LogP contribution in [0, 0.1) is 16.0 Å². The molecule has 2 rings (SSSR count). The lowest BCUT2D eigenvalue weighted by atomic mass is 10.0. The van der Waals surface area contributed by atoms with Crippen molar-refractivity contribution in [2.45, 2.75) is 32.1 Å². The zero-order chi connectivity index (χ0) is 13.0. The summed E-state index contributed by atoms with van der Waals surface area (Å²) in [6, 6.07) is 4.65. The van der Waals surface area contributed by atoms with Gasteiger partial charge >= 0.3 is 0 Å². The molecule has 1 fully saturated rings. The summed E-state index contributed by atoms with van der Waals surface area (Å²) in [7, 11) is 0. The van der Waals surface area contributed by atoms with Crippen molar-refractivity contribution >= 4 is 17.1 Å². The second-order valence-corrected chi connectivity index (χ2v) is 4.94. The van der Waals surface area contributed by atoms with E-state index in [1.54, 1.807) is 6.07 Å². The Balaban J connectivity index is 1.89. The molecule has 0 bridgehead atoms. The zero-order valence-corrected chi connectivity index (χ0v) is 10.4. The van der Waals surface area contributed by atoms with E-state index in [0.29, 0.717) is 5.69 Å². The minimum Gasteiger partial charge on any atom is -0.398 e. The first-order chi connectivity index (χ1) is 8.65. The second kappa shape index (κ2) is 5.71. The third-order valence-electron chi connectivity index (χ3n) is 3.51. The first kappa shape index (κ1) is 12.7. The quantitative estimate of drug-likeness (QED) is 0.477. The van der Waals surface area contributed by atoms with E-state index in [0.717, 1.165) is 24.6 Å². The smallest absolute Gasteiger partial charge is 0.273 e. The van der Waals surface area contributed by atoms with Crippen molar-refractivity contribution in [1.29, 1.82) is 0 Å². The highest BCUT2D eigenvalue weighted by atomic mass is 16.6. The van der Waals surface area contributed by atoms with Crippen LogP contribution in [0.4, 0.5) is 17.1 Å². The van der Waals surface area contributed by atoms with Crippen LogP contribution in [0.15, 0.2) is 18.2 Å². The van der Waals surface area contributed by atoms with Gasteiger partial charge < -0.3 is 11.1 Å². The molecular weight excluding hydrogens is 230 g/mol. The number of nitro benzene ring substituents is 1. The van der Waals surface area contributed by atoms with Crippen LogP contribution < -0.4 is 11.1 Å². The van der Waals surface area contributed by atoms with E-state index < -0.39 is 4.92 Å². The number of nitrogen functional groups attached to an aromatic ring is 1. The van der Waals surface area contributed by atoms with Crippen molar-refractivity contribution in [3.05, 3.63) is 28.3 Å². The van der Waals surface area contributed by atoms with Gasteiger partial charge in [0, 0.05) is 30.1 Å². The molecular formula is C13H19N3O2. The maximum Gasteiger partial charge on any atom is 0.273 e. The van der Waals surface area contributed by atoms with Crippen molar-refractivity contribution in [2.24, 2.45) is 5.92 Å². The second-order valence-electron chi connectivity index (χ2n) is 4.94. The molecule has 3 N–H and O–H groups in total. The molecule has 98 valence electrons. The highest BCUT2D eigenvalue weighted by Crippen LogP contribution is 2.28. The minimum atomic E-state index is -0.418. The fraction of sp³-hybridized carbons (Fsp3) is 0.538. The lowest BCUT2D eigenvalue weighted by Crippen LogP contribution is -2.07. The van der Waals surface area contributed by atoms with E-state index in [9.17, 15) is 10.1 Å². The Morgan fingerprint density at radius 1 is 1.33 bits per heavy atom. The monoisotopic (exact) mass is 249 g/mol. The Hall–Kier alpha value is -1.78. The summed E-state index contributed by atoms with van der Waals surface area (Å²) < 4.78 is 0. The number of nitrogens with zero attached hydrogens (tertiary/aromatic N) is 1. The number of hydrogen-bond acceptors (Lipinski definition) is 4. The van der Waals surface area contributed by atoms with Crippen LogP contribution in [0.25, 0.3) is 0 Å². The molecule has 1 saturated carbocycles. The highest BCUT2D eigenvalue weighted by Gasteiger charge is 2.14. The topological polar surface area (TPSA) is 81.2 Å². The van der Waals surface area contributed by atoms with Gasteiger partial charge in [0.15, 0.2) is 0 Å². The van der Waals surface area contributed by atoms with Gasteiger partial charge in [-0.15, -0.1) is 0 Å². The third kappa shape index (κ3) is 3.35. The highest BCUT2D eigenvalue weighted by molar-refractivity contribution is 5.61. The molecule has 1 aromatic rings. The van der Waals surface area contributed by atoms with Crippen LogP contribution in [0.5, 0.6) is 0 Å². The molecule has 0 unspecified atom stereocenters. The molecule has 5 heteroatoms. The molecule has 0 radical (unpaired) electrons. The summed E-state index contributed by atoms with van der Waals surface area (Å²) in [6.45, 7) is 0.852. The van der Waals surface area contributed by atoms with Crippen LogP contribution in [0.2, 0.25) is 0 Å². The first-order valence-corrected chi connectivity index (χ1v) is 6.44. The SMILES string of the molecule is Nc1cc(NCCC2CCCC2)cc([N+](=O)[O-])c1. The van der Waals surface area contributed by atoms with E-state index >= 15 is 0 Å². The Bertz CT molecular complexity index is 428. The number of nitrogens with one attached hydrogen (secondary N) is 1. The summed E-state index contributed by atoms with van der Waals surface area (Å²) in [4.78, 5) is 10.3. The normalized spacial score (nSPS) is 15.8. The standard InChI is InChI=1S/C13H19N3O2/c14-11-7-12(9-13(8-11)16(17)18)15-6-5-10-3-1-2-4-10/h7-10,15H,1-6,14H2. The van der Waals surface area contributed by atoms with Crippen LogP contribution in [-0.2, 0) is 0 Å². The van der Waals surface area contributed by atoms with E-state index in [1.807, 2.05) is 0 Å². The van der Waals surface area contributed by atoms with Crippen LogP contribution in [0.1, 0.15) is 32.1 Å². The molecule has 0 saturated heterocycles. The summed E-state index contributed by atoms with van der Waals surface area (Å²) >= 11 is 0. The first-order valence-electron chi connectivity index (χ1n) is 6.44. The maximum atomic E-state index is 10.7. The average molecular weight is 249 g/mol. The predicted molar refractivity (Wildman–Crippen MR) is 72.6 cm³/mol. The molecule has 5 nitrogen and oxygen atoms in total. The Kier molecular flexibility index (Phi) is 4.02. The molecule has 0 amide bonds. The Labute approximate surface area is 107 Å². The summed E-state index contributed by atoms with van der Waals surface area (Å²) in [5.74, 6) is 0.813. The minimum absolute atomic E-state index is 0.0402. The van der Waals surface area contributed by atoms with Gasteiger partial charge in [0.05, 0.1) is 4.92 Å². The van der Waals surface area contributed by atoms with Crippen LogP contribution in [-0.4, -0.2) is 11.5 Å². The van der Waals surface area contributed by atoms with Crippen molar-refractivity contribution < 1.29 is 4.92 Å². The number of nitrogens with two attached hydrogens (primary N) is 1. The zero-order valence-electron chi connectivity index (χ0n) is 10.4. The molecule has 0 heterocycles. The van der Waals surface area contributed by atoms with Crippen molar-refractivity contribution in [1.82, 2.24) is 0 Å². The van der Waals surface area contributed by atoms with Gasteiger partial charge in [-0.2, -0.15) is 0 Å².